The Morgan fingerprint density at radius 3 is 1.52 bits per heavy atom. The van der Waals surface area contributed by atoms with Crippen molar-refractivity contribution in [2.24, 2.45) is 0 Å². The zero-order valence-electron chi connectivity index (χ0n) is 25.1. The summed E-state index contributed by atoms with van der Waals surface area (Å²) in [6.07, 6.45) is 0. The van der Waals surface area contributed by atoms with Crippen molar-refractivity contribution < 1.29 is 0 Å². The van der Waals surface area contributed by atoms with E-state index in [2.05, 4.69) is 179 Å². The third-order valence-electron chi connectivity index (χ3n) is 9.68. The molecular weight excluding hydrogens is 556 g/mol. The van der Waals surface area contributed by atoms with Crippen molar-refractivity contribution in [1.29, 1.82) is 0 Å². The molecule has 0 saturated heterocycles. The Kier molecular flexibility index (Phi) is 5.31. The lowest BCUT2D eigenvalue weighted by Crippen LogP contribution is -2.09. The first-order chi connectivity index (χ1) is 22.8. The quantitative estimate of drug-likeness (QED) is 0.144. The summed E-state index contributed by atoms with van der Waals surface area (Å²) >= 11 is 0. The molecule has 0 aliphatic heterocycles. The summed E-state index contributed by atoms with van der Waals surface area (Å²) in [7, 11) is 0. The molecular formula is C44H28N2. The Balaban J connectivity index is 1.08. The van der Waals surface area contributed by atoms with Gasteiger partial charge in [0.25, 0.3) is 0 Å². The number of para-hydroxylation sites is 2. The summed E-state index contributed by atoms with van der Waals surface area (Å²) in [5, 5.41) is 10.8. The molecule has 0 aliphatic carbocycles. The lowest BCUT2D eigenvalue weighted by molar-refractivity contribution is 1.18. The van der Waals surface area contributed by atoms with Crippen LogP contribution in [0.2, 0.25) is 0 Å². The average Bonchev–Trinajstić information content (AvgIpc) is 3.47. The van der Waals surface area contributed by atoms with Crippen molar-refractivity contribution in [3.8, 4) is 16.8 Å². The van der Waals surface area contributed by atoms with Crippen molar-refractivity contribution >= 4 is 71.2 Å². The maximum absolute atomic E-state index is 2.45. The van der Waals surface area contributed by atoms with Gasteiger partial charge in [0.2, 0.25) is 0 Å². The summed E-state index contributed by atoms with van der Waals surface area (Å²) < 4.78 is 2.45. The van der Waals surface area contributed by atoms with Gasteiger partial charge in [-0.15, -0.1) is 0 Å². The molecule has 0 bridgehead atoms. The number of rotatable bonds is 5. The second-order valence-electron chi connectivity index (χ2n) is 12.2. The van der Waals surface area contributed by atoms with Crippen LogP contribution in [0.15, 0.2) is 170 Å². The lowest BCUT2D eigenvalue weighted by Gasteiger charge is -2.25. The van der Waals surface area contributed by atoms with Crippen LogP contribution in [0.3, 0.4) is 0 Å². The maximum atomic E-state index is 2.45. The first-order valence-electron chi connectivity index (χ1n) is 15.9. The molecule has 214 valence electrons. The van der Waals surface area contributed by atoms with Gasteiger partial charge in [-0.05, 0) is 98.7 Å². The highest BCUT2D eigenvalue weighted by atomic mass is 15.1. The van der Waals surface area contributed by atoms with Gasteiger partial charge in [0.05, 0.1) is 11.0 Å². The van der Waals surface area contributed by atoms with E-state index in [0.29, 0.717) is 0 Å². The fourth-order valence-corrected chi connectivity index (χ4v) is 7.68. The normalized spacial score (nSPS) is 11.9. The first kappa shape index (κ1) is 25.2. The van der Waals surface area contributed by atoms with Crippen LogP contribution in [0, 0.1) is 0 Å². The summed E-state index contributed by atoms with van der Waals surface area (Å²) in [6, 6.07) is 61.7. The van der Waals surface area contributed by atoms with Gasteiger partial charge in [-0.2, -0.15) is 0 Å². The van der Waals surface area contributed by atoms with E-state index in [1.165, 1.54) is 70.9 Å². The highest BCUT2D eigenvalue weighted by Gasteiger charge is 2.21. The van der Waals surface area contributed by atoms with Crippen LogP contribution >= 0.6 is 0 Å². The molecule has 0 saturated carbocycles. The zero-order chi connectivity index (χ0) is 30.2. The largest absolute Gasteiger partial charge is 0.311 e. The van der Waals surface area contributed by atoms with Crippen LogP contribution in [-0.2, 0) is 0 Å². The van der Waals surface area contributed by atoms with Crippen molar-refractivity contribution in [1.82, 2.24) is 4.57 Å². The summed E-state index contributed by atoms with van der Waals surface area (Å²) in [6.45, 7) is 0. The highest BCUT2D eigenvalue weighted by Crippen LogP contribution is 2.47. The zero-order valence-corrected chi connectivity index (χ0v) is 25.1. The average molecular weight is 585 g/mol. The van der Waals surface area contributed by atoms with Gasteiger partial charge >= 0.3 is 0 Å². The van der Waals surface area contributed by atoms with Gasteiger partial charge < -0.3 is 9.47 Å². The molecule has 46 heavy (non-hydrogen) atoms. The van der Waals surface area contributed by atoms with Gasteiger partial charge in [0, 0.05) is 38.9 Å². The predicted octanol–water partition coefficient (Wildman–Crippen LogP) is 12.3. The van der Waals surface area contributed by atoms with E-state index in [4.69, 9.17) is 0 Å². The number of fused-ring (bicyclic) bond motifs is 1. The molecule has 9 aromatic carbocycles. The highest BCUT2D eigenvalue weighted by molar-refractivity contribution is 6.40. The number of anilines is 3. The van der Waals surface area contributed by atoms with Crippen LogP contribution in [0.25, 0.3) is 70.9 Å². The van der Waals surface area contributed by atoms with Crippen LogP contribution in [0.4, 0.5) is 17.1 Å². The van der Waals surface area contributed by atoms with Gasteiger partial charge in [-0.25, -0.2) is 0 Å². The molecule has 0 N–H and O–H groups in total. The van der Waals surface area contributed by atoms with E-state index in [1.54, 1.807) is 0 Å². The van der Waals surface area contributed by atoms with Gasteiger partial charge in [0.1, 0.15) is 0 Å². The van der Waals surface area contributed by atoms with E-state index >= 15 is 0 Å². The second-order valence-corrected chi connectivity index (χ2v) is 12.2. The number of nitrogens with zero attached hydrogens (tertiary/aromatic N) is 2. The first-order valence-corrected chi connectivity index (χ1v) is 15.9. The standard InChI is InChI=1S/C44H28N2/c1-3-10-33(11-4-1)45(34-12-5-2-6-13-34)35-24-19-29(20-25-35)30-21-26-36(27-22-30)46-39-16-8-15-38-37-14-7-9-31-17-18-32-23-28-40(46)44(43(38)39)42(32)41(31)37/h1-28H. The van der Waals surface area contributed by atoms with E-state index < -0.39 is 0 Å². The molecule has 2 heteroatoms. The molecule has 1 aromatic heterocycles. The number of hydrogen-bond acceptors (Lipinski definition) is 1. The smallest absolute Gasteiger partial charge is 0.0548 e. The van der Waals surface area contributed by atoms with Gasteiger partial charge in [-0.3, -0.25) is 0 Å². The van der Waals surface area contributed by atoms with Crippen LogP contribution in [0.1, 0.15) is 0 Å². The molecule has 2 nitrogen and oxygen atoms in total. The number of benzene rings is 9. The summed E-state index contributed by atoms with van der Waals surface area (Å²) in [5.41, 5.74) is 9.50. The molecule has 10 rings (SSSR count). The molecule has 0 spiro atoms. The lowest BCUT2D eigenvalue weighted by atomic mass is 9.89. The molecule has 0 atom stereocenters. The Morgan fingerprint density at radius 1 is 0.326 bits per heavy atom. The second kappa shape index (κ2) is 9.69. The summed E-state index contributed by atoms with van der Waals surface area (Å²) in [5.74, 6) is 0. The van der Waals surface area contributed by atoms with Crippen molar-refractivity contribution in [2.45, 2.75) is 0 Å². The van der Waals surface area contributed by atoms with Gasteiger partial charge in [0.15, 0.2) is 0 Å². The fourth-order valence-electron chi connectivity index (χ4n) is 7.68. The Bertz CT molecular complexity index is 2610. The van der Waals surface area contributed by atoms with E-state index in [1.807, 2.05) is 0 Å². The number of hydrogen-bond donors (Lipinski definition) is 0. The molecule has 1 heterocycles. The molecule has 0 aliphatic rings. The topological polar surface area (TPSA) is 8.17 Å². The SMILES string of the molecule is c1ccc(N(c2ccccc2)c2ccc(-c3ccc(-n4c5cccc6c7cccc8ccc9ccc4c(c9c87)c65)cc3)cc2)cc1. The molecule has 0 radical (unpaired) electrons. The van der Waals surface area contributed by atoms with Crippen molar-refractivity contribution in [2.75, 3.05) is 4.90 Å². The molecule has 0 amide bonds. The molecule has 10 aromatic rings. The van der Waals surface area contributed by atoms with Crippen molar-refractivity contribution in [3.63, 3.8) is 0 Å². The fraction of sp³-hybridized carbons (Fsp3) is 0. The Morgan fingerprint density at radius 2 is 0.848 bits per heavy atom. The third-order valence-corrected chi connectivity index (χ3v) is 9.68. The van der Waals surface area contributed by atoms with E-state index in [9.17, 15) is 0 Å². The molecule has 0 unspecified atom stereocenters. The predicted molar refractivity (Wildman–Crippen MR) is 196 cm³/mol. The minimum Gasteiger partial charge on any atom is -0.311 e. The van der Waals surface area contributed by atoms with Crippen LogP contribution < -0.4 is 4.90 Å². The summed E-state index contributed by atoms with van der Waals surface area (Å²) in [4.78, 5) is 2.30. The Hall–Kier alpha value is -6.12. The third kappa shape index (κ3) is 3.59. The van der Waals surface area contributed by atoms with E-state index in [0.717, 1.165) is 17.1 Å². The van der Waals surface area contributed by atoms with Crippen LogP contribution in [-0.4, -0.2) is 4.57 Å². The maximum Gasteiger partial charge on any atom is 0.0548 e. The minimum absolute atomic E-state index is 1.13. The van der Waals surface area contributed by atoms with Crippen LogP contribution in [0.5, 0.6) is 0 Å². The molecule has 0 fully saturated rings. The van der Waals surface area contributed by atoms with Gasteiger partial charge in [-0.1, -0.05) is 109 Å². The van der Waals surface area contributed by atoms with Crippen molar-refractivity contribution in [3.05, 3.63) is 170 Å². The number of aromatic nitrogens is 1. The van der Waals surface area contributed by atoms with E-state index in [-0.39, 0.29) is 0 Å². The minimum atomic E-state index is 1.13. The Labute approximate surface area is 266 Å². The monoisotopic (exact) mass is 584 g/mol.